The molecule has 0 unspecified atom stereocenters. The molecule has 8 heteroatoms. The number of rotatable bonds is 7. The van der Waals surface area contributed by atoms with Crippen LogP contribution in [0.2, 0.25) is 0 Å². The Hall–Kier alpha value is -3.65. The third-order valence-corrected chi connectivity index (χ3v) is 5.34. The van der Waals surface area contributed by atoms with Crippen molar-refractivity contribution in [3.63, 3.8) is 0 Å². The van der Waals surface area contributed by atoms with Crippen molar-refractivity contribution in [2.75, 3.05) is 14.2 Å². The number of hydrogen-bond donors (Lipinski definition) is 1. The Labute approximate surface area is 177 Å². The van der Waals surface area contributed by atoms with Gasteiger partial charge in [0.05, 0.1) is 25.6 Å². The van der Waals surface area contributed by atoms with Gasteiger partial charge < -0.3 is 14.2 Å². The fourth-order valence-electron chi connectivity index (χ4n) is 2.88. The number of hydrogen-bond acceptors (Lipinski definition) is 7. The van der Waals surface area contributed by atoms with Crippen LogP contribution in [0.15, 0.2) is 60.0 Å². The van der Waals surface area contributed by atoms with Crippen LogP contribution in [0.25, 0.3) is 21.8 Å². The number of methoxy groups -OCH3 is 2. The van der Waals surface area contributed by atoms with Crippen LogP contribution in [-0.2, 0) is 11.3 Å². The Balaban J connectivity index is 1.41. The highest BCUT2D eigenvalue weighted by molar-refractivity contribution is 7.13. The number of carbonyl (C=O) groups excluding carboxylic acids is 1. The van der Waals surface area contributed by atoms with E-state index >= 15 is 0 Å². The summed E-state index contributed by atoms with van der Waals surface area (Å²) in [4.78, 5) is 16.9. The molecule has 0 aliphatic rings. The molecule has 0 radical (unpaired) electrons. The highest BCUT2D eigenvalue weighted by Crippen LogP contribution is 2.33. The second kappa shape index (κ2) is 8.79. The summed E-state index contributed by atoms with van der Waals surface area (Å²) in [6, 6.07) is 16.9. The molecule has 0 spiro atoms. The van der Waals surface area contributed by atoms with Crippen molar-refractivity contribution in [3.05, 3.63) is 71.4 Å². The summed E-state index contributed by atoms with van der Waals surface area (Å²) in [6.45, 7) is 0.0717. The largest absolute Gasteiger partial charge is 0.493 e. The van der Waals surface area contributed by atoms with E-state index in [2.05, 4.69) is 15.2 Å². The fraction of sp³-hybridized carbons (Fsp3) is 0.136. The number of thiazole rings is 1. The maximum Gasteiger partial charge on any atom is 0.356 e. The summed E-state index contributed by atoms with van der Waals surface area (Å²) in [5, 5.41) is 9.57. The first-order chi connectivity index (χ1) is 14.7. The van der Waals surface area contributed by atoms with Crippen LogP contribution in [0.4, 0.5) is 0 Å². The van der Waals surface area contributed by atoms with E-state index in [1.54, 1.807) is 20.3 Å². The molecule has 4 aromatic rings. The number of H-pyrrole nitrogens is 1. The van der Waals surface area contributed by atoms with Gasteiger partial charge in [-0.05, 0) is 24.3 Å². The molecule has 1 N–H and O–H groups in total. The molecule has 0 aliphatic heterocycles. The number of esters is 1. The van der Waals surface area contributed by atoms with E-state index in [9.17, 15) is 4.79 Å². The van der Waals surface area contributed by atoms with E-state index < -0.39 is 5.97 Å². The molecule has 2 heterocycles. The smallest absolute Gasteiger partial charge is 0.356 e. The highest BCUT2D eigenvalue weighted by Gasteiger charge is 2.14. The lowest BCUT2D eigenvalue weighted by atomic mass is 10.1. The molecule has 0 saturated heterocycles. The molecular weight excluding hydrogens is 402 g/mol. The first-order valence-corrected chi connectivity index (χ1v) is 10.0. The summed E-state index contributed by atoms with van der Waals surface area (Å²) in [5.74, 6) is 0.804. The second-order valence-corrected chi connectivity index (χ2v) is 7.18. The molecule has 0 atom stereocenters. The quantitative estimate of drug-likeness (QED) is 0.440. The van der Waals surface area contributed by atoms with Gasteiger partial charge >= 0.3 is 5.97 Å². The van der Waals surface area contributed by atoms with Gasteiger partial charge in [0.25, 0.3) is 0 Å². The fourth-order valence-corrected chi connectivity index (χ4v) is 3.68. The molecule has 0 amide bonds. The molecule has 30 heavy (non-hydrogen) atoms. The summed E-state index contributed by atoms with van der Waals surface area (Å²) < 4.78 is 16.0. The van der Waals surface area contributed by atoms with Gasteiger partial charge in [0, 0.05) is 16.5 Å². The molecule has 0 aliphatic carbocycles. The van der Waals surface area contributed by atoms with Gasteiger partial charge in [-0.1, -0.05) is 30.3 Å². The Morgan fingerprint density at radius 1 is 1.00 bits per heavy atom. The zero-order chi connectivity index (χ0) is 20.9. The van der Waals surface area contributed by atoms with Crippen molar-refractivity contribution in [1.82, 2.24) is 15.2 Å². The van der Waals surface area contributed by atoms with Crippen LogP contribution in [0.3, 0.4) is 0 Å². The van der Waals surface area contributed by atoms with Gasteiger partial charge in [-0.15, -0.1) is 11.3 Å². The zero-order valence-electron chi connectivity index (χ0n) is 16.4. The number of nitrogens with zero attached hydrogens (tertiary/aromatic N) is 2. The van der Waals surface area contributed by atoms with Crippen molar-refractivity contribution in [1.29, 1.82) is 0 Å². The predicted molar refractivity (Wildman–Crippen MR) is 114 cm³/mol. The Morgan fingerprint density at radius 3 is 2.57 bits per heavy atom. The molecule has 0 fully saturated rings. The number of benzene rings is 2. The minimum atomic E-state index is -0.481. The first-order valence-electron chi connectivity index (χ1n) is 9.12. The van der Waals surface area contributed by atoms with Crippen LogP contribution < -0.4 is 9.47 Å². The average molecular weight is 421 g/mol. The number of nitrogens with one attached hydrogen (secondary N) is 1. The molecule has 2 aromatic carbocycles. The third-order valence-electron chi connectivity index (χ3n) is 4.40. The normalized spacial score (nSPS) is 10.6. The number of ether oxygens (including phenoxy) is 3. The lowest BCUT2D eigenvalue weighted by molar-refractivity contribution is 0.0461. The van der Waals surface area contributed by atoms with Crippen LogP contribution in [0.5, 0.6) is 11.5 Å². The zero-order valence-corrected chi connectivity index (χ0v) is 17.2. The molecule has 4 rings (SSSR count). The average Bonchev–Trinajstić information content (AvgIpc) is 3.48. The minimum absolute atomic E-state index is 0.0717. The Bertz CT molecular complexity index is 1150. The van der Waals surface area contributed by atoms with Gasteiger partial charge in [-0.25, -0.2) is 9.78 Å². The van der Waals surface area contributed by atoms with Crippen LogP contribution in [-0.4, -0.2) is 35.4 Å². The van der Waals surface area contributed by atoms with Crippen LogP contribution in [0, 0.1) is 0 Å². The molecule has 152 valence electrons. The molecule has 0 bridgehead atoms. The van der Waals surface area contributed by atoms with Crippen molar-refractivity contribution in [2.45, 2.75) is 6.61 Å². The van der Waals surface area contributed by atoms with E-state index in [1.807, 2.05) is 53.9 Å². The van der Waals surface area contributed by atoms with E-state index in [-0.39, 0.29) is 6.61 Å². The molecule has 2 aromatic heterocycles. The van der Waals surface area contributed by atoms with Crippen LogP contribution in [0.1, 0.15) is 16.2 Å². The van der Waals surface area contributed by atoms with E-state index in [4.69, 9.17) is 14.2 Å². The predicted octanol–water partition coefficient (Wildman–Crippen LogP) is 4.57. The standard InChI is InChI=1S/C22H19N3O4S/c1-27-19-9-8-15(10-20(19)28-2)21-23-16(13-30-21)12-29-22(26)18-11-17(24-25-18)14-6-4-3-5-7-14/h3-11,13H,12H2,1-2H3,(H,24,25). The SMILES string of the molecule is COc1ccc(-c2nc(COC(=O)c3cc(-c4ccccc4)n[nH]3)cs2)cc1OC. The number of aromatic nitrogens is 3. The summed E-state index contributed by atoms with van der Waals surface area (Å²) in [6.07, 6.45) is 0. The van der Waals surface area contributed by atoms with Gasteiger partial charge in [-0.3, -0.25) is 5.10 Å². The monoisotopic (exact) mass is 421 g/mol. The molecule has 0 saturated carbocycles. The Kier molecular flexibility index (Phi) is 5.76. The topological polar surface area (TPSA) is 86.3 Å². The summed E-state index contributed by atoms with van der Waals surface area (Å²) >= 11 is 1.47. The minimum Gasteiger partial charge on any atom is -0.493 e. The van der Waals surface area contributed by atoms with Gasteiger partial charge in [0.2, 0.25) is 0 Å². The van der Waals surface area contributed by atoms with Crippen molar-refractivity contribution >= 4 is 17.3 Å². The molecule has 7 nitrogen and oxygen atoms in total. The third kappa shape index (κ3) is 4.18. The summed E-state index contributed by atoms with van der Waals surface area (Å²) in [7, 11) is 3.18. The first kappa shape index (κ1) is 19.7. The van der Waals surface area contributed by atoms with Crippen molar-refractivity contribution in [2.24, 2.45) is 0 Å². The van der Waals surface area contributed by atoms with Crippen molar-refractivity contribution in [3.8, 4) is 33.3 Å². The highest BCUT2D eigenvalue weighted by atomic mass is 32.1. The van der Waals surface area contributed by atoms with E-state index in [0.717, 1.165) is 16.1 Å². The maximum absolute atomic E-state index is 12.3. The maximum atomic E-state index is 12.3. The van der Waals surface area contributed by atoms with E-state index in [0.29, 0.717) is 28.6 Å². The van der Waals surface area contributed by atoms with Gasteiger partial charge in [0.15, 0.2) is 11.5 Å². The molecular formula is C22H19N3O4S. The van der Waals surface area contributed by atoms with Gasteiger partial charge in [0.1, 0.15) is 17.3 Å². The summed E-state index contributed by atoms with van der Waals surface area (Å²) in [5.41, 5.74) is 3.47. The van der Waals surface area contributed by atoms with Crippen molar-refractivity contribution < 1.29 is 19.0 Å². The number of aromatic amines is 1. The van der Waals surface area contributed by atoms with E-state index in [1.165, 1.54) is 11.3 Å². The second-order valence-electron chi connectivity index (χ2n) is 6.32. The Morgan fingerprint density at radius 2 is 1.80 bits per heavy atom. The van der Waals surface area contributed by atoms with Gasteiger partial charge in [-0.2, -0.15) is 5.10 Å². The lowest BCUT2D eigenvalue weighted by Crippen LogP contribution is -2.05. The van der Waals surface area contributed by atoms with Crippen LogP contribution >= 0.6 is 11.3 Å². The number of carbonyl (C=O) groups is 1. The lowest BCUT2D eigenvalue weighted by Gasteiger charge is -2.08.